The van der Waals surface area contributed by atoms with Crippen molar-refractivity contribution >= 4 is 27.9 Å². The lowest BCUT2D eigenvalue weighted by molar-refractivity contribution is -0.118. The Balaban J connectivity index is 1.59. The van der Waals surface area contributed by atoms with Crippen LogP contribution < -0.4 is 10.1 Å². The number of aldehydes is 1. The Morgan fingerprint density at radius 1 is 1.10 bits per heavy atom. The first-order chi connectivity index (χ1) is 14.4. The van der Waals surface area contributed by atoms with Crippen molar-refractivity contribution < 1.29 is 22.7 Å². The zero-order valence-corrected chi connectivity index (χ0v) is 17.7. The van der Waals surface area contributed by atoms with Crippen LogP contribution in [0.15, 0.2) is 53.4 Å². The third kappa shape index (κ3) is 5.25. The fourth-order valence-corrected chi connectivity index (χ4v) is 4.98. The summed E-state index contributed by atoms with van der Waals surface area (Å²) in [7, 11) is -1.94. The van der Waals surface area contributed by atoms with Crippen molar-refractivity contribution in [2.24, 2.45) is 0 Å². The molecule has 0 unspecified atom stereocenters. The van der Waals surface area contributed by atoms with Crippen LogP contribution in [0, 0.1) is 0 Å². The number of carbonyl (C=O) groups is 2. The molecule has 2 aromatic carbocycles. The van der Waals surface area contributed by atoms with Crippen LogP contribution in [0.3, 0.4) is 0 Å². The number of benzene rings is 2. The van der Waals surface area contributed by atoms with Crippen molar-refractivity contribution in [1.82, 2.24) is 4.31 Å². The van der Waals surface area contributed by atoms with Crippen LogP contribution in [-0.2, 0) is 14.8 Å². The van der Waals surface area contributed by atoms with Crippen LogP contribution in [0.4, 0.5) is 5.69 Å². The fourth-order valence-electron chi connectivity index (χ4n) is 3.57. The minimum atomic E-state index is -3.57. The summed E-state index contributed by atoms with van der Waals surface area (Å²) in [5.41, 5.74) is 0.827. The van der Waals surface area contributed by atoms with Crippen molar-refractivity contribution in [2.45, 2.75) is 43.0 Å². The van der Waals surface area contributed by atoms with Crippen LogP contribution in [0.25, 0.3) is 0 Å². The maximum absolute atomic E-state index is 12.9. The molecule has 0 aromatic heterocycles. The topological polar surface area (TPSA) is 92.8 Å². The lowest BCUT2D eigenvalue weighted by Gasteiger charge is -2.30. The van der Waals surface area contributed by atoms with Crippen LogP contribution in [0.2, 0.25) is 0 Å². The highest BCUT2D eigenvalue weighted by Crippen LogP contribution is 2.27. The summed E-state index contributed by atoms with van der Waals surface area (Å²) in [6.45, 7) is -0.269. The Bertz CT molecular complexity index is 983. The van der Waals surface area contributed by atoms with E-state index in [0.29, 0.717) is 23.3 Å². The van der Waals surface area contributed by atoms with Gasteiger partial charge in [0, 0.05) is 18.8 Å². The predicted molar refractivity (Wildman–Crippen MR) is 114 cm³/mol. The number of para-hydroxylation sites is 1. The van der Waals surface area contributed by atoms with Gasteiger partial charge in [0.1, 0.15) is 5.75 Å². The number of nitrogens with zero attached hydrogens (tertiary/aromatic N) is 1. The number of nitrogens with one attached hydrogen (secondary N) is 1. The van der Waals surface area contributed by atoms with Gasteiger partial charge in [0.15, 0.2) is 12.9 Å². The van der Waals surface area contributed by atoms with Crippen LogP contribution in [-0.4, -0.2) is 44.6 Å². The summed E-state index contributed by atoms with van der Waals surface area (Å²) >= 11 is 0. The third-order valence-corrected chi connectivity index (χ3v) is 7.23. The number of sulfonamides is 1. The summed E-state index contributed by atoms with van der Waals surface area (Å²) in [4.78, 5) is 23.3. The molecule has 0 heterocycles. The number of anilines is 1. The van der Waals surface area contributed by atoms with Gasteiger partial charge in [-0.1, -0.05) is 31.4 Å². The lowest BCUT2D eigenvalue weighted by Crippen LogP contribution is -2.38. The van der Waals surface area contributed by atoms with Gasteiger partial charge in [-0.2, -0.15) is 4.31 Å². The number of carbonyl (C=O) groups excluding carboxylic acids is 2. The molecule has 160 valence electrons. The molecule has 0 spiro atoms. The number of rotatable bonds is 8. The first-order valence-corrected chi connectivity index (χ1v) is 11.4. The van der Waals surface area contributed by atoms with Crippen molar-refractivity contribution in [3.8, 4) is 5.75 Å². The largest absolute Gasteiger partial charge is 0.483 e. The van der Waals surface area contributed by atoms with Crippen molar-refractivity contribution in [1.29, 1.82) is 0 Å². The van der Waals surface area contributed by atoms with E-state index in [1.807, 2.05) is 0 Å². The summed E-state index contributed by atoms with van der Waals surface area (Å²) in [5.74, 6) is -0.0829. The van der Waals surface area contributed by atoms with E-state index in [0.717, 1.165) is 32.1 Å². The Hall–Kier alpha value is -2.71. The molecule has 7 nitrogen and oxygen atoms in total. The second-order valence-corrected chi connectivity index (χ2v) is 9.33. The molecule has 0 bridgehead atoms. The average Bonchev–Trinajstić information content (AvgIpc) is 2.78. The molecule has 1 saturated carbocycles. The molecule has 1 amide bonds. The van der Waals surface area contributed by atoms with Gasteiger partial charge in [-0.15, -0.1) is 0 Å². The molecule has 1 N–H and O–H groups in total. The van der Waals surface area contributed by atoms with Crippen LogP contribution >= 0.6 is 0 Å². The van der Waals surface area contributed by atoms with Crippen molar-refractivity contribution in [3.05, 3.63) is 54.1 Å². The molecular weight excluding hydrogens is 404 g/mol. The van der Waals surface area contributed by atoms with Crippen molar-refractivity contribution in [3.63, 3.8) is 0 Å². The summed E-state index contributed by atoms with van der Waals surface area (Å²) in [6, 6.07) is 12.8. The first-order valence-electron chi connectivity index (χ1n) is 9.97. The zero-order valence-electron chi connectivity index (χ0n) is 16.9. The molecule has 30 heavy (non-hydrogen) atoms. The molecular formula is C22H26N2O5S. The Labute approximate surface area is 177 Å². The Morgan fingerprint density at radius 2 is 1.77 bits per heavy atom. The standard InChI is InChI=1S/C22H26N2O5S/c1-24(19-8-3-2-4-9-19)30(27,28)20-13-11-18(12-14-20)23-22(26)16-29-21-10-6-5-7-17(21)15-25/h5-7,10-15,19H,2-4,8-9,16H2,1H3,(H,23,26). The number of ether oxygens (including phenoxy) is 1. The predicted octanol–water partition coefficient (Wildman–Crippen LogP) is 3.47. The van der Waals surface area contributed by atoms with E-state index >= 15 is 0 Å². The maximum atomic E-state index is 12.9. The van der Waals surface area contributed by atoms with Gasteiger partial charge in [-0.25, -0.2) is 8.42 Å². The monoisotopic (exact) mass is 430 g/mol. The van der Waals surface area contributed by atoms with E-state index in [1.165, 1.54) is 16.4 Å². The van der Waals surface area contributed by atoms with Gasteiger partial charge in [0.25, 0.3) is 5.91 Å². The SMILES string of the molecule is CN(C1CCCCC1)S(=O)(=O)c1ccc(NC(=O)COc2ccccc2C=O)cc1. The quantitative estimate of drug-likeness (QED) is 0.648. The maximum Gasteiger partial charge on any atom is 0.262 e. The smallest absolute Gasteiger partial charge is 0.262 e. The molecule has 1 aliphatic carbocycles. The first kappa shape index (κ1) is 22.0. The molecule has 0 radical (unpaired) electrons. The minimum absolute atomic E-state index is 0.0366. The summed E-state index contributed by atoms with van der Waals surface area (Å²) in [6.07, 6.45) is 5.69. The summed E-state index contributed by atoms with van der Waals surface area (Å²) < 4.78 is 32.6. The molecule has 0 saturated heterocycles. The Kier molecular flexibility index (Phi) is 7.23. The lowest BCUT2D eigenvalue weighted by atomic mass is 9.96. The minimum Gasteiger partial charge on any atom is -0.483 e. The number of amides is 1. The van der Waals surface area contributed by atoms with Gasteiger partial charge in [-0.3, -0.25) is 9.59 Å². The number of hydrogen-bond acceptors (Lipinski definition) is 5. The molecule has 3 rings (SSSR count). The molecule has 8 heteroatoms. The van der Waals surface area contributed by atoms with Gasteiger partial charge < -0.3 is 10.1 Å². The van der Waals surface area contributed by atoms with E-state index in [4.69, 9.17) is 4.74 Å². The number of hydrogen-bond donors (Lipinski definition) is 1. The van der Waals surface area contributed by atoms with Crippen LogP contribution in [0.5, 0.6) is 5.75 Å². The van der Waals surface area contributed by atoms with E-state index in [2.05, 4.69) is 5.32 Å². The van der Waals surface area contributed by atoms with Crippen LogP contribution in [0.1, 0.15) is 42.5 Å². The third-order valence-electron chi connectivity index (χ3n) is 5.31. The summed E-state index contributed by atoms with van der Waals surface area (Å²) in [5, 5.41) is 2.66. The van der Waals surface area contributed by atoms with E-state index < -0.39 is 15.9 Å². The van der Waals surface area contributed by atoms with E-state index in [-0.39, 0.29) is 17.5 Å². The molecule has 1 aliphatic rings. The molecule has 0 atom stereocenters. The highest BCUT2D eigenvalue weighted by atomic mass is 32.2. The molecule has 2 aromatic rings. The fraction of sp³-hybridized carbons (Fsp3) is 0.364. The second kappa shape index (κ2) is 9.86. The van der Waals surface area contributed by atoms with E-state index in [9.17, 15) is 18.0 Å². The second-order valence-electron chi connectivity index (χ2n) is 7.33. The van der Waals surface area contributed by atoms with Gasteiger partial charge in [-0.05, 0) is 49.2 Å². The molecule has 0 aliphatic heterocycles. The normalized spacial score (nSPS) is 15.0. The van der Waals surface area contributed by atoms with Gasteiger partial charge >= 0.3 is 0 Å². The van der Waals surface area contributed by atoms with Crippen molar-refractivity contribution in [2.75, 3.05) is 19.0 Å². The highest BCUT2D eigenvalue weighted by molar-refractivity contribution is 7.89. The average molecular weight is 431 g/mol. The Morgan fingerprint density at radius 3 is 2.43 bits per heavy atom. The molecule has 1 fully saturated rings. The zero-order chi connectivity index (χ0) is 21.6. The van der Waals surface area contributed by atoms with Gasteiger partial charge in [0.05, 0.1) is 10.5 Å². The van der Waals surface area contributed by atoms with Gasteiger partial charge in [0.2, 0.25) is 10.0 Å². The van der Waals surface area contributed by atoms with E-state index in [1.54, 1.807) is 43.4 Å². The highest BCUT2D eigenvalue weighted by Gasteiger charge is 2.28.